The van der Waals surface area contributed by atoms with Crippen LogP contribution >= 0.6 is 0 Å². The van der Waals surface area contributed by atoms with Crippen molar-refractivity contribution in [2.24, 2.45) is 10.2 Å². The van der Waals surface area contributed by atoms with E-state index in [1.165, 1.54) is 11.1 Å². The molecule has 0 atom stereocenters. The van der Waals surface area contributed by atoms with Gasteiger partial charge in [0.15, 0.2) is 0 Å². The van der Waals surface area contributed by atoms with E-state index in [9.17, 15) is 9.59 Å². The number of hydrazone groups is 2. The molecule has 182 valence electrons. The summed E-state index contributed by atoms with van der Waals surface area (Å²) in [6.07, 6.45) is 5.72. The van der Waals surface area contributed by atoms with Gasteiger partial charge in [0.1, 0.15) is 0 Å². The van der Waals surface area contributed by atoms with Crippen molar-refractivity contribution in [2.75, 3.05) is 0 Å². The normalized spacial score (nSPS) is 11.9. The van der Waals surface area contributed by atoms with Gasteiger partial charge in [0, 0.05) is 12.8 Å². The van der Waals surface area contributed by atoms with E-state index in [0.717, 1.165) is 61.1 Å². The lowest BCUT2D eigenvalue weighted by molar-refractivity contribution is -0.122. The predicted molar refractivity (Wildman–Crippen MR) is 140 cm³/mol. The molecule has 34 heavy (non-hydrogen) atoms. The molecule has 2 aromatic rings. The second-order valence-corrected chi connectivity index (χ2v) is 8.54. The molecule has 0 saturated carbocycles. The van der Waals surface area contributed by atoms with Gasteiger partial charge in [-0.05, 0) is 50.7 Å². The van der Waals surface area contributed by atoms with Gasteiger partial charge < -0.3 is 0 Å². The Labute approximate surface area is 203 Å². The van der Waals surface area contributed by atoms with Gasteiger partial charge in [0.2, 0.25) is 11.8 Å². The van der Waals surface area contributed by atoms with E-state index in [4.69, 9.17) is 0 Å². The van der Waals surface area contributed by atoms with Gasteiger partial charge in [0.05, 0.1) is 11.4 Å². The van der Waals surface area contributed by atoms with Crippen LogP contribution < -0.4 is 10.9 Å². The molecule has 0 heterocycles. The topological polar surface area (TPSA) is 82.9 Å². The van der Waals surface area contributed by atoms with Crippen molar-refractivity contribution in [2.45, 2.75) is 79.1 Å². The van der Waals surface area contributed by atoms with Crippen LogP contribution in [0.1, 0.15) is 87.5 Å². The van der Waals surface area contributed by atoms with Crippen LogP contribution in [0.2, 0.25) is 0 Å². The average molecular weight is 463 g/mol. The average Bonchev–Trinajstić information content (AvgIpc) is 2.84. The van der Waals surface area contributed by atoms with Gasteiger partial charge in [-0.2, -0.15) is 10.2 Å². The number of benzene rings is 2. The Morgan fingerprint density at radius 3 is 1.29 bits per heavy atom. The summed E-state index contributed by atoms with van der Waals surface area (Å²) < 4.78 is 0. The molecule has 2 rings (SSSR count). The lowest BCUT2D eigenvalue weighted by atomic mass is 10.1. The van der Waals surface area contributed by atoms with Crippen LogP contribution in [0.5, 0.6) is 0 Å². The van der Waals surface area contributed by atoms with Gasteiger partial charge in [-0.25, -0.2) is 10.9 Å². The molecule has 2 aromatic carbocycles. The van der Waals surface area contributed by atoms with E-state index >= 15 is 0 Å². The molecular formula is C28H38N4O2. The highest BCUT2D eigenvalue weighted by Crippen LogP contribution is 2.09. The number of aryl methyl sites for hydroxylation is 2. The third kappa shape index (κ3) is 9.69. The van der Waals surface area contributed by atoms with Crippen LogP contribution in [0.25, 0.3) is 0 Å². The summed E-state index contributed by atoms with van der Waals surface area (Å²) >= 11 is 0. The molecule has 0 aromatic heterocycles. The second kappa shape index (κ2) is 14.8. The first-order valence-electron chi connectivity index (χ1n) is 12.3. The minimum Gasteiger partial charge on any atom is -0.273 e. The quantitative estimate of drug-likeness (QED) is 0.224. The summed E-state index contributed by atoms with van der Waals surface area (Å²) in [6, 6.07) is 16.3. The summed E-state index contributed by atoms with van der Waals surface area (Å²) in [6.45, 7) is 8.14. The summed E-state index contributed by atoms with van der Waals surface area (Å²) in [5.74, 6) is -0.151. The Balaban J connectivity index is 1.63. The van der Waals surface area contributed by atoms with Crippen molar-refractivity contribution >= 4 is 23.2 Å². The maximum absolute atomic E-state index is 12.1. The maximum atomic E-state index is 12.1. The number of carbonyl (C=O) groups is 2. The van der Waals surface area contributed by atoms with Crippen molar-refractivity contribution in [3.63, 3.8) is 0 Å². The molecule has 0 bridgehead atoms. The maximum Gasteiger partial charge on any atom is 0.240 e. The van der Waals surface area contributed by atoms with E-state index in [1.807, 2.05) is 76.2 Å². The number of carbonyl (C=O) groups excluding carboxylic acids is 2. The zero-order valence-corrected chi connectivity index (χ0v) is 21.0. The summed E-state index contributed by atoms with van der Waals surface area (Å²) in [5.41, 5.74) is 11.5. The van der Waals surface area contributed by atoms with Crippen LogP contribution in [0.4, 0.5) is 0 Å². The zero-order chi connectivity index (χ0) is 24.8. The third-order valence-corrected chi connectivity index (χ3v) is 5.63. The van der Waals surface area contributed by atoms with Crippen LogP contribution in [0, 0.1) is 13.8 Å². The Morgan fingerprint density at radius 2 is 0.971 bits per heavy atom. The molecule has 0 radical (unpaired) electrons. The van der Waals surface area contributed by atoms with Crippen LogP contribution in [-0.2, 0) is 9.59 Å². The molecule has 6 nitrogen and oxygen atoms in total. The van der Waals surface area contributed by atoms with Crippen LogP contribution in [0.3, 0.4) is 0 Å². The summed E-state index contributed by atoms with van der Waals surface area (Å²) in [7, 11) is 0. The highest BCUT2D eigenvalue weighted by Gasteiger charge is 2.06. The Bertz CT molecular complexity index is 895. The van der Waals surface area contributed by atoms with Gasteiger partial charge in [-0.3, -0.25) is 9.59 Å². The third-order valence-electron chi connectivity index (χ3n) is 5.63. The number of rotatable bonds is 13. The number of nitrogens with one attached hydrogen (secondary N) is 2. The molecule has 0 unspecified atom stereocenters. The van der Waals surface area contributed by atoms with Crippen molar-refractivity contribution in [3.05, 3.63) is 70.8 Å². The standard InChI is InChI=1S/C28H38N4O2/c1-5-25(23-17-13-21(3)14-18-23)29-31-27(33)11-9-7-8-10-12-28(34)32-30-26(6-2)24-19-15-22(4)16-20-24/h13-20H,5-12H2,1-4H3,(H,31,33)(H,32,34). The minimum atomic E-state index is -0.0756. The van der Waals surface area contributed by atoms with E-state index in [-0.39, 0.29) is 11.8 Å². The first kappa shape index (κ1) is 27.0. The first-order chi connectivity index (χ1) is 16.4. The highest BCUT2D eigenvalue weighted by molar-refractivity contribution is 6.01. The molecular weight excluding hydrogens is 424 g/mol. The number of amides is 2. The van der Waals surface area contributed by atoms with Gasteiger partial charge in [-0.1, -0.05) is 86.3 Å². The highest BCUT2D eigenvalue weighted by atomic mass is 16.2. The minimum absolute atomic E-state index is 0.0756. The van der Waals surface area contributed by atoms with E-state index in [0.29, 0.717) is 12.8 Å². The number of hydrogen-bond acceptors (Lipinski definition) is 4. The Hall–Kier alpha value is -3.28. The fourth-order valence-electron chi connectivity index (χ4n) is 3.48. The van der Waals surface area contributed by atoms with Gasteiger partial charge >= 0.3 is 0 Å². The molecule has 0 aliphatic carbocycles. The van der Waals surface area contributed by atoms with E-state index < -0.39 is 0 Å². The summed E-state index contributed by atoms with van der Waals surface area (Å²) in [5, 5.41) is 8.60. The largest absolute Gasteiger partial charge is 0.273 e. The van der Waals surface area contributed by atoms with Gasteiger partial charge in [-0.15, -0.1) is 0 Å². The first-order valence-corrected chi connectivity index (χ1v) is 12.3. The van der Waals surface area contributed by atoms with Crippen molar-refractivity contribution < 1.29 is 9.59 Å². The lowest BCUT2D eigenvalue weighted by Gasteiger charge is -2.06. The second-order valence-electron chi connectivity index (χ2n) is 8.54. The molecule has 0 fully saturated rings. The summed E-state index contributed by atoms with van der Waals surface area (Å²) in [4.78, 5) is 24.2. The molecule has 0 aliphatic heterocycles. The van der Waals surface area contributed by atoms with Crippen molar-refractivity contribution in [3.8, 4) is 0 Å². The fourth-order valence-corrected chi connectivity index (χ4v) is 3.48. The Morgan fingerprint density at radius 1 is 0.618 bits per heavy atom. The number of unbranched alkanes of at least 4 members (excludes halogenated alkanes) is 3. The predicted octanol–water partition coefficient (Wildman–Crippen LogP) is 5.80. The van der Waals surface area contributed by atoms with Crippen LogP contribution in [0.15, 0.2) is 58.7 Å². The molecule has 6 heteroatoms. The monoisotopic (exact) mass is 462 g/mol. The zero-order valence-electron chi connectivity index (χ0n) is 21.0. The fraction of sp³-hybridized carbons (Fsp3) is 0.429. The molecule has 0 spiro atoms. The molecule has 0 saturated heterocycles. The lowest BCUT2D eigenvalue weighted by Crippen LogP contribution is -2.20. The smallest absolute Gasteiger partial charge is 0.240 e. The number of hydrogen-bond donors (Lipinski definition) is 2. The van der Waals surface area contributed by atoms with E-state index in [1.54, 1.807) is 0 Å². The SMILES string of the molecule is CCC(=NNC(=O)CCCCCCC(=O)NN=C(CC)c1ccc(C)cc1)c1ccc(C)cc1. The van der Waals surface area contributed by atoms with Gasteiger partial charge in [0.25, 0.3) is 0 Å². The Kier molecular flexibility index (Phi) is 11.7. The molecule has 2 amide bonds. The molecule has 0 aliphatic rings. The van der Waals surface area contributed by atoms with Crippen LogP contribution in [-0.4, -0.2) is 23.2 Å². The van der Waals surface area contributed by atoms with Crippen molar-refractivity contribution in [1.82, 2.24) is 10.9 Å². The van der Waals surface area contributed by atoms with E-state index in [2.05, 4.69) is 21.1 Å². The van der Waals surface area contributed by atoms with Crippen molar-refractivity contribution in [1.29, 1.82) is 0 Å². The molecule has 2 N–H and O–H groups in total. The number of nitrogens with zero attached hydrogens (tertiary/aromatic N) is 2.